The predicted molar refractivity (Wildman–Crippen MR) is 70.3 cm³/mol. The Hall–Kier alpha value is -1.55. The third kappa shape index (κ3) is 2.82. The summed E-state index contributed by atoms with van der Waals surface area (Å²) in [6, 6.07) is 6.95. The summed E-state index contributed by atoms with van der Waals surface area (Å²) in [4.78, 5) is 13.6. The second kappa shape index (κ2) is 5.40. The van der Waals surface area contributed by atoms with Crippen molar-refractivity contribution in [1.29, 1.82) is 0 Å². The van der Waals surface area contributed by atoms with Crippen LogP contribution in [0, 0.1) is 0 Å². The summed E-state index contributed by atoms with van der Waals surface area (Å²) >= 11 is 0. The number of phenols is 1. The van der Waals surface area contributed by atoms with E-state index in [9.17, 15) is 9.90 Å². The lowest BCUT2D eigenvalue weighted by atomic mass is 9.89. The lowest BCUT2D eigenvalue weighted by Gasteiger charge is -2.33. The van der Waals surface area contributed by atoms with E-state index in [2.05, 4.69) is 0 Å². The number of phenolic OH excluding ortho intramolecular Hbond substituents is 1. The van der Waals surface area contributed by atoms with E-state index in [1.807, 2.05) is 17.0 Å². The van der Waals surface area contributed by atoms with Crippen LogP contribution in [0.25, 0.3) is 0 Å². The quantitative estimate of drug-likeness (QED) is 0.832. The van der Waals surface area contributed by atoms with Crippen molar-refractivity contribution < 1.29 is 9.90 Å². The molecule has 0 aliphatic carbocycles. The second-order valence-corrected chi connectivity index (χ2v) is 4.98. The number of carbonyl (C=O) groups excluding carboxylic acids is 1. The number of benzene rings is 1. The van der Waals surface area contributed by atoms with Crippen molar-refractivity contribution in [1.82, 2.24) is 4.90 Å². The highest BCUT2D eigenvalue weighted by atomic mass is 16.3. The van der Waals surface area contributed by atoms with Gasteiger partial charge in [-0.1, -0.05) is 12.1 Å². The maximum absolute atomic E-state index is 11.8. The molecule has 98 valence electrons. The standard InChI is InChI=1S/C14H20N2O2/c1-10(15)14(18)16-8-6-12(7-9-16)11-2-4-13(17)5-3-11/h2-5,10,12,17H,6-9,15H2,1H3/t10-/m1/s1. The molecule has 4 heteroatoms. The monoisotopic (exact) mass is 248 g/mol. The number of aromatic hydroxyl groups is 1. The Bertz CT molecular complexity index is 406. The van der Waals surface area contributed by atoms with Gasteiger partial charge in [0.2, 0.25) is 5.91 Å². The van der Waals surface area contributed by atoms with Gasteiger partial charge in [0.25, 0.3) is 0 Å². The predicted octanol–water partition coefficient (Wildman–Crippen LogP) is 1.45. The number of nitrogens with two attached hydrogens (primary N) is 1. The van der Waals surface area contributed by atoms with E-state index in [1.165, 1.54) is 5.56 Å². The van der Waals surface area contributed by atoms with Crippen LogP contribution < -0.4 is 5.73 Å². The fourth-order valence-electron chi connectivity index (χ4n) is 2.47. The summed E-state index contributed by atoms with van der Waals surface area (Å²) in [6.45, 7) is 3.27. The Morgan fingerprint density at radius 1 is 1.33 bits per heavy atom. The van der Waals surface area contributed by atoms with Crippen LogP contribution in [0.4, 0.5) is 0 Å². The first-order valence-electron chi connectivity index (χ1n) is 6.41. The molecule has 0 unspecified atom stereocenters. The second-order valence-electron chi connectivity index (χ2n) is 4.98. The Morgan fingerprint density at radius 3 is 2.39 bits per heavy atom. The van der Waals surface area contributed by atoms with Gasteiger partial charge in [0.1, 0.15) is 5.75 Å². The number of carbonyl (C=O) groups is 1. The summed E-state index contributed by atoms with van der Waals surface area (Å²) in [5.41, 5.74) is 6.85. The number of nitrogens with zero attached hydrogens (tertiary/aromatic N) is 1. The van der Waals surface area contributed by atoms with Gasteiger partial charge in [-0.2, -0.15) is 0 Å². The van der Waals surface area contributed by atoms with E-state index < -0.39 is 6.04 Å². The lowest BCUT2D eigenvalue weighted by molar-refractivity contribution is -0.133. The summed E-state index contributed by atoms with van der Waals surface area (Å²) in [5.74, 6) is 0.810. The van der Waals surface area contributed by atoms with E-state index in [0.717, 1.165) is 25.9 Å². The van der Waals surface area contributed by atoms with Crippen LogP contribution in [0.5, 0.6) is 5.75 Å². The van der Waals surface area contributed by atoms with Crippen molar-refractivity contribution >= 4 is 5.91 Å². The average molecular weight is 248 g/mol. The van der Waals surface area contributed by atoms with Crippen LogP contribution in [0.15, 0.2) is 24.3 Å². The first-order valence-corrected chi connectivity index (χ1v) is 6.41. The van der Waals surface area contributed by atoms with Crippen molar-refractivity contribution in [2.45, 2.75) is 31.7 Å². The number of piperidine rings is 1. The molecule has 1 amide bonds. The van der Waals surface area contributed by atoms with Gasteiger partial charge >= 0.3 is 0 Å². The zero-order chi connectivity index (χ0) is 13.1. The molecule has 1 atom stereocenters. The minimum absolute atomic E-state index is 0.0409. The molecule has 0 spiro atoms. The third-order valence-corrected chi connectivity index (χ3v) is 3.56. The van der Waals surface area contributed by atoms with Gasteiger partial charge < -0.3 is 15.7 Å². The Labute approximate surface area is 107 Å². The Balaban J connectivity index is 1.94. The Morgan fingerprint density at radius 2 is 1.89 bits per heavy atom. The van der Waals surface area contributed by atoms with Gasteiger partial charge in [-0.3, -0.25) is 4.79 Å². The molecule has 1 aromatic rings. The number of likely N-dealkylation sites (tertiary alicyclic amines) is 1. The smallest absolute Gasteiger partial charge is 0.239 e. The van der Waals surface area contributed by atoms with Crippen LogP contribution in [0.3, 0.4) is 0 Å². The minimum atomic E-state index is -0.407. The molecule has 1 heterocycles. The fraction of sp³-hybridized carbons (Fsp3) is 0.500. The first-order chi connectivity index (χ1) is 8.58. The molecule has 3 N–H and O–H groups in total. The summed E-state index contributed by atoms with van der Waals surface area (Å²) in [6.07, 6.45) is 1.92. The van der Waals surface area contributed by atoms with Crippen LogP contribution >= 0.6 is 0 Å². The maximum Gasteiger partial charge on any atom is 0.239 e. The molecule has 18 heavy (non-hydrogen) atoms. The molecule has 0 radical (unpaired) electrons. The lowest BCUT2D eigenvalue weighted by Crippen LogP contribution is -2.45. The van der Waals surface area contributed by atoms with Crippen LogP contribution in [0.1, 0.15) is 31.2 Å². The highest BCUT2D eigenvalue weighted by Crippen LogP contribution is 2.29. The van der Waals surface area contributed by atoms with Crippen molar-refractivity contribution in [2.75, 3.05) is 13.1 Å². The molecule has 1 aliphatic rings. The molecule has 2 rings (SSSR count). The molecular formula is C14H20N2O2. The topological polar surface area (TPSA) is 66.6 Å². The molecule has 1 fully saturated rings. The van der Waals surface area contributed by atoms with Crippen LogP contribution in [-0.2, 0) is 4.79 Å². The van der Waals surface area contributed by atoms with E-state index in [4.69, 9.17) is 5.73 Å². The molecule has 0 bridgehead atoms. The molecule has 4 nitrogen and oxygen atoms in total. The first kappa shape index (κ1) is 12.9. The van der Waals surface area contributed by atoms with Gasteiger partial charge in [0.15, 0.2) is 0 Å². The normalized spacial score (nSPS) is 18.7. The van der Waals surface area contributed by atoms with E-state index in [-0.39, 0.29) is 5.91 Å². The fourth-order valence-corrected chi connectivity index (χ4v) is 2.47. The van der Waals surface area contributed by atoms with Crippen LogP contribution in [0.2, 0.25) is 0 Å². The number of amides is 1. The number of rotatable bonds is 2. The van der Waals surface area contributed by atoms with Gasteiger partial charge in [-0.15, -0.1) is 0 Å². The zero-order valence-electron chi connectivity index (χ0n) is 10.7. The van der Waals surface area contributed by atoms with Crippen molar-refractivity contribution in [3.63, 3.8) is 0 Å². The maximum atomic E-state index is 11.8. The molecular weight excluding hydrogens is 228 g/mol. The highest BCUT2D eigenvalue weighted by molar-refractivity contribution is 5.81. The molecule has 1 aliphatic heterocycles. The molecule has 0 aromatic heterocycles. The highest BCUT2D eigenvalue weighted by Gasteiger charge is 2.25. The minimum Gasteiger partial charge on any atom is -0.508 e. The summed E-state index contributed by atoms with van der Waals surface area (Å²) in [5, 5.41) is 9.26. The van der Waals surface area contributed by atoms with Crippen LogP contribution in [-0.4, -0.2) is 35.0 Å². The van der Waals surface area contributed by atoms with E-state index in [1.54, 1.807) is 19.1 Å². The van der Waals surface area contributed by atoms with E-state index in [0.29, 0.717) is 11.7 Å². The largest absolute Gasteiger partial charge is 0.508 e. The number of hydrogen-bond donors (Lipinski definition) is 2. The SMILES string of the molecule is C[C@@H](N)C(=O)N1CCC(c2ccc(O)cc2)CC1. The third-order valence-electron chi connectivity index (χ3n) is 3.56. The van der Waals surface area contributed by atoms with E-state index >= 15 is 0 Å². The average Bonchev–Trinajstić information content (AvgIpc) is 2.39. The van der Waals surface area contributed by atoms with Gasteiger partial charge in [0, 0.05) is 13.1 Å². The van der Waals surface area contributed by atoms with Gasteiger partial charge in [0.05, 0.1) is 6.04 Å². The number of hydrogen-bond acceptors (Lipinski definition) is 3. The summed E-state index contributed by atoms with van der Waals surface area (Å²) in [7, 11) is 0. The van der Waals surface area contributed by atoms with Gasteiger partial charge in [-0.25, -0.2) is 0 Å². The van der Waals surface area contributed by atoms with Crippen molar-refractivity contribution in [3.05, 3.63) is 29.8 Å². The molecule has 1 saturated heterocycles. The van der Waals surface area contributed by atoms with Gasteiger partial charge in [-0.05, 0) is 43.4 Å². The van der Waals surface area contributed by atoms with Crippen molar-refractivity contribution in [2.24, 2.45) is 5.73 Å². The summed E-state index contributed by atoms with van der Waals surface area (Å²) < 4.78 is 0. The molecule has 1 aromatic carbocycles. The zero-order valence-corrected chi connectivity index (χ0v) is 10.7. The van der Waals surface area contributed by atoms with Crippen molar-refractivity contribution in [3.8, 4) is 5.75 Å². The Kier molecular flexibility index (Phi) is 3.87. The molecule has 0 saturated carbocycles.